The van der Waals surface area contributed by atoms with Gasteiger partial charge in [0.1, 0.15) is 0 Å². The van der Waals surface area contributed by atoms with E-state index in [1.807, 2.05) is 0 Å². The van der Waals surface area contributed by atoms with E-state index in [9.17, 15) is 8.78 Å². The highest BCUT2D eigenvalue weighted by Crippen LogP contribution is 2.13. The first-order chi connectivity index (χ1) is 7.69. The maximum atomic E-state index is 13.3. The number of hydrazine groups is 1. The summed E-state index contributed by atoms with van der Waals surface area (Å²) in [6.45, 7) is 1.72. The van der Waals surface area contributed by atoms with Gasteiger partial charge >= 0.3 is 0 Å². The zero-order valence-corrected chi connectivity index (χ0v) is 9.06. The van der Waals surface area contributed by atoms with Crippen LogP contribution in [0.25, 0.3) is 0 Å². The molecule has 2 nitrogen and oxygen atoms in total. The summed E-state index contributed by atoms with van der Waals surface area (Å²) < 4.78 is 26.3. The summed E-state index contributed by atoms with van der Waals surface area (Å²) in [4.78, 5) is 0. The molecule has 0 saturated carbocycles. The number of hydrogen-bond donors (Lipinski definition) is 2. The predicted molar refractivity (Wildman–Crippen MR) is 59.2 cm³/mol. The highest BCUT2D eigenvalue weighted by Gasteiger charge is 2.12. The van der Waals surface area contributed by atoms with E-state index in [4.69, 9.17) is 5.84 Å². The third kappa shape index (κ3) is 3.30. The van der Waals surface area contributed by atoms with Gasteiger partial charge in [0.2, 0.25) is 0 Å². The molecular weight excluding hydrogens is 210 g/mol. The van der Waals surface area contributed by atoms with E-state index in [0.29, 0.717) is 18.4 Å². The molecule has 1 aromatic carbocycles. The smallest absolute Gasteiger partial charge is 0.162 e. The molecular formula is C12H14F2N2. The van der Waals surface area contributed by atoms with Crippen LogP contribution in [0.3, 0.4) is 0 Å². The Labute approximate surface area is 93.8 Å². The Bertz CT molecular complexity index is 407. The van der Waals surface area contributed by atoms with Crippen molar-refractivity contribution < 1.29 is 8.78 Å². The molecule has 0 saturated heterocycles. The number of rotatable bonds is 4. The largest absolute Gasteiger partial charge is 0.271 e. The van der Waals surface area contributed by atoms with Crippen LogP contribution in [0, 0.1) is 23.5 Å². The Balaban J connectivity index is 2.76. The van der Waals surface area contributed by atoms with Crippen molar-refractivity contribution >= 4 is 0 Å². The summed E-state index contributed by atoms with van der Waals surface area (Å²) in [5, 5.41) is 0. The van der Waals surface area contributed by atoms with E-state index in [-0.39, 0.29) is 6.04 Å². The highest BCUT2D eigenvalue weighted by molar-refractivity contribution is 5.20. The maximum Gasteiger partial charge on any atom is 0.162 e. The van der Waals surface area contributed by atoms with Crippen LogP contribution in [0.15, 0.2) is 18.2 Å². The van der Waals surface area contributed by atoms with Crippen LogP contribution >= 0.6 is 0 Å². The lowest BCUT2D eigenvalue weighted by Crippen LogP contribution is -2.36. The van der Waals surface area contributed by atoms with Crippen molar-refractivity contribution in [2.24, 2.45) is 5.84 Å². The van der Waals surface area contributed by atoms with Crippen LogP contribution in [0.2, 0.25) is 0 Å². The van der Waals surface area contributed by atoms with E-state index in [0.717, 1.165) is 6.07 Å². The Kier molecular flexibility index (Phi) is 4.90. The molecule has 0 aliphatic carbocycles. The molecule has 0 amide bonds. The molecule has 1 rings (SSSR count). The lowest BCUT2D eigenvalue weighted by molar-refractivity contribution is 0.478. The molecule has 0 fully saturated rings. The molecule has 0 aromatic heterocycles. The zero-order chi connectivity index (χ0) is 12.0. The molecule has 0 heterocycles. The molecule has 0 aliphatic rings. The number of nitrogens with one attached hydrogen (secondary N) is 1. The second-order valence-electron chi connectivity index (χ2n) is 3.41. The molecule has 0 spiro atoms. The SMILES string of the molecule is CC#CCC(Cc1cccc(F)c1F)NN. The molecule has 1 atom stereocenters. The summed E-state index contributed by atoms with van der Waals surface area (Å²) in [7, 11) is 0. The van der Waals surface area contributed by atoms with Gasteiger partial charge in [-0.05, 0) is 25.0 Å². The van der Waals surface area contributed by atoms with E-state index in [2.05, 4.69) is 17.3 Å². The molecule has 16 heavy (non-hydrogen) atoms. The van der Waals surface area contributed by atoms with Gasteiger partial charge in [-0.15, -0.1) is 11.8 Å². The lowest BCUT2D eigenvalue weighted by atomic mass is 10.0. The number of halogens is 2. The first-order valence-corrected chi connectivity index (χ1v) is 4.97. The second kappa shape index (κ2) is 6.21. The minimum absolute atomic E-state index is 0.177. The Morgan fingerprint density at radius 1 is 1.44 bits per heavy atom. The molecule has 86 valence electrons. The Morgan fingerprint density at radius 3 is 2.81 bits per heavy atom. The van der Waals surface area contributed by atoms with Gasteiger partial charge in [-0.25, -0.2) is 8.78 Å². The van der Waals surface area contributed by atoms with E-state index < -0.39 is 11.6 Å². The number of nitrogens with two attached hydrogens (primary N) is 1. The topological polar surface area (TPSA) is 38.0 Å². The fraction of sp³-hybridized carbons (Fsp3) is 0.333. The maximum absolute atomic E-state index is 13.3. The quantitative estimate of drug-likeness (QED) is 0.464. The van der Waals surface area contributed by atoms with Gasteiger partial charge in [-0.1, -0.05) is 12.1 Å². The summed E-state index contributed by atoms with van der Waals surface area (Å²) >= 11 is 0. The van der Waals surface area contributed by atoms with Gasteiger partial charge in [-0.3, -0.25) is 11.3 Å². The number of hydrogen-bond acceptors (Lipinski definition) is 2. The van der Waals surface area contributed by atoms with Crippen molar-refractivity contribution in [2.75, 3.05) is 0 Å². The molecule has 0 aliphatic heterocycles. The molecule has 3 N–H and O–H groups in total. The minimum Gasteiger partial charge on any atom is -0.271 e. The first kappa shape index (κ1) is 12.6. The van der Waals surface area contributed by atoms with Gasteiger partial charge in [0, 0.05) is 12.5 Å². The average molecular weight is 224 g/mol. The molecule has 0 radical (unpaired) electrons. The van der Waals surface area contributed by atoms with Crippen molar-refractivity contribution in [3.05, 3.63) is 35.4 Å². The van der Waals surface area contributed by atoms with Crippen molar-refractivity contribution in [1.82, 2.24) is 5.43 Å². The fourth-order valence-corrected chi connectivity index (χ4v) is 1.39. The van der Waals surface area contributed by atoms with Crippen molar-refractivity contribution in [1.29, 1.82) is 0 Å². The van der Waals surface area contributed by atoms with E-state index >= 15 is 0 Å². The molecule has 0 bridgehead atoms. The number of benzene rings is 1. The first-order valence-electron chi connectivity index (χ1n) is 4.97. The van der Waals surface area contributed by atoms with Crippen molar-refractivity contribution in [3.63, 3.8) is 0 Å². The van der Waals surface area contributed by atoms with Crippen LogP contribution in [0.4, 0.5) is 8.78 Å². The zero-order valence-electron chi connectivity index (χ0n) is 9.06. The molecule has 1 aromatic rings. The van der Waals surface area contributed by atoms with Crippen molar-refractivity contribution in [3.8, 4) is 11.8 Å². The average Bonchev–Trinajstić information content (AvgIpc) is 2.30. The third-order valence-electron chi connectivity index (χ3n) is 2.26. The summed E-state index contributed by atoms with van der Waals surface area (Å²) in [5.74, 6) is 9.24. The highest BCUT2D eigenvalue weighted by atomic mass is 19.2. The van der Waals surface area contributed by atoms with Crippen LogP contribution in [0.5, 0.6) is 0 Å². The second-order valence-corrected chi connectivity index (χ2v) is 3.41. The predicted octanol–water partition coefficient (Wildman–Crippen LogP) is 1.75. The normalized spacial score (nSPS) is 11.8. The van der Waals surface area contributed by atoms with E-state index in [1.54, 1.807) is 13.0 Å². The Morgan fingerprint density at radius 2 is 2.19 bits per heavy atom. The van der Waals surface area contributed by atoms with Crippen molar-refractivity contribution in [2.45, 2.75) is 25.8 Å². The fourth-order valence-electron chi connectivity index (χ4n) is 1.39. The lowest BCUT2D eigenvalue weighted by Gasteiger charge is -2.13. The standard InChI is InChI=1S/C12H14F2N2/c1-2-3-6-10(16-15)8-9-5-4-7-11(13)12(9)14/h4-5,7,10,16H,6,8,15H2,1H3. The summed E-state index contributed by atoms with van der Waals surface area (Å²) in [6.07, 6.45) is 0.817. The van der Waals surface area contributed by atoms with Gasteiger partial charge in [0.15, 0.2) is 11.6 Å². The van der Waals surface area contributed by atoms with Gasteiger partial charge < -0.3 is 0 Å². The monoisotopic (exact) mass is 224 g/mol. The Hall–Kier alpha value is -1.44. The summed E-state index contributed by atoms with van der Waals surface area (Å²) in [5.41, 5.74) is 2.85. The minimum atomic E-state index is -0.838. The van der Waals surface area contributed by atoms with Crippen LogP contribution in [-0.2, 0) is 6.42 Å². The van der Waals surface area contributed by atoms with Crippen LogP contribution in [0.1, 0.15) is 18.9 Å². The van der Waals surface area contributed by atoms with Gasteiger partial charge in [0.25, 0.3) is 0 Å². The summed E-state index contributed by atoms with van der Waals surface area (Å²) in [6, 6.07) is 3.94. The molecule has 1 unspecified atom stereocenters. The van der Waals surface area contributed by atoms with Crippen LogP contribution < -0.4 is 11.3 Å². The van der Waals surface area contributed by atoms with E-state index in [1.165, 1.54) is 6.07 Å². The molecule has 4 heteroatoms. The van der Waals surface area contributed by atoms with Gasteiger partial charge in [0.05, 0.1) is 0 Å². The third-order valence-corrected chi connectivity index (χ3v) is 2.26. The van der Waals surface area contributed by atoms with Gasteiger partial charge in [-0.2, -0.15) is 0 Å². The van der Waals surface area contributed by atoms with Crippen LogP contribution in [-0.4, -0.2) is 6.04 Å².